The summed E-state index contributed by atoms with van der Waals surface area (Å²) in [6.45, 7) is 5.30. The average Bonchev–Trinajstić information content (AvgIpc) is 2.41. The molecule has 0 aliphatic carbocycles. The fourth-order valence-electron chi connectivity index (χ4n) is 1.62. The smallest absolute Gasteiger partial charge is 0.346 e. The Morgan fingerprint density at radius 2 is 2.21 bits per heavy atom. The molecule has 1 aromatic carbocycles. The Morgan fingerprint density at radius 1 is 1.47 bits per heavy atom. The fraction of sp³-hybridized carbons (Fsp3) is 0.500. The van der Waals surface area contributed by atoms with E-state index in [0.717, 1.165) is 18.5 Å². The van der Waals surface area contributed by atoms with Gasteiger partial charge in [0.1, 0.15) is 5.75 Å². The molecule has 106 valence electrons. The molecule has 5 heteroatoms. The number of hydrogen-bond donors (Lipinski definition) is 1. The monoisotopic (exact) mass is 285 g/mol. The van der Waals surface area contributed by atoms with Gasteiger partial charge in [0.05, 0.1) is 12.1 Å². The molecule has 1 aromatic rings. The predicted molar refractivity (Wildman–Crippen MR) is 75.6 cm³/mol. The van der Waals surface area contributed by atoms with Crippen LogP contribution in [0.5, 0.6) is 5.75 Å². The van der Waals surface area contributed by atoms with Gasteiger partial charge in [-0.25, -0.2) is 4.79 Å². The van der Waals surface area contributed by atoms with Crippen LogP contribution in [0.1, 0.15) is 25.8 Å². The molecular weight excluding hydrogens is 266 g/mol. The highest BCUT2D eigenvalue weighted by molar-refractivity contribution is 6.32. The van der Waals surface area contributed by atoms with Gasteiger partial charge >= 0.3 is 5.97 Å². The summed E-state index contributed by atoms with van der Waals surface area (Å²) in [5.74, 6) is 0.109. The highest BCUT2D eigenvalue weighted by atomic mass is 35.5. The molecule has 0 aliphatic heterocycles. The molecule has 19 heavy (non-hydrogen) atoms. The van der Waals surface area contributed by atoms with Crippen molar-refractivity contribution in [3.8, 4) is 5.75 Å². The van der Waals surface area contributed by atoms with Gasteiger partial charge in [0.2, 0.25) is 0 Å². The summed E-state index contributed by atoms with van der Waals surface area (Å²) in [6, 6.07) is 5.53. The lowest BCUT2D eigenvalue weighted by Crippen LogP contribution is -2.26. The van der Waals surface area contributed by atoms with E-state index in [1.807, 2.05) is 12.1 Å². The van der Waals surface area contributed by atoms with E-state index >= 15 is 0 Å². The number of hydrogen-bond acceptors (Lipinski definition) is 4. The van der Waals surface area contributed by atoms with Crippen LogP contribution in [0.3, 0.4) is 0 Å². The largest absolute Gasteiger partial charge is 0.477 e. The highest BCUT2D eigenvalue weighted by Gasteiger charge is 2.18. The lowest BCUT2D eigenvalue weighted by molar-refractivity contribution is -0.147. The van der Waals surface area contributed by atoms with Gasteiger partial charge in [0, 0.05) is 12.1 Å². The molecule has 0 aliphatic rings. The zero-order chi connectivity index (χ0) is 14.3. The molecule has 0 radical (unpaired) electrons. The van der Waals surface area contributed by atoms with Crippen LogP contribution in [0.2, 0.25) is 5.02 Å². The number of carbonyl (C=O) groups is 1. The Balaban J connectivity index is 2.82. The molecule has 0 aromatic heterocycles. The molecule has 0 heterocycles. The van der Waals surface area contributed by atoms with Crippen LogP contribution < -0.4 is 10.1 Å². The van der Waals surface area contributed by atoms with Crippen LogP contribution in [-0.4, -0.2) is 25.7 Å². The zero-order valence-electron chi connectivity index (χ0n) is 11.5. The topological polar surface area (TPSA) is 47.6 Å². The maximum absolute atomic E-state index is 11.4. The number of esters is 1. The maximum atomic E-state index is 11.4. The van der Waals surface area contributed by atoms with Gasteiger partial charge in [0.15, 0.2) is 6.10 Å². The molecule has 1 N–H and O–H groups in total. The molecule has 4 nitrogen and oxygen atoms in total. The van der Waals surface area contributed by atoms with Crippen LogP contribution in [0.25, 0.3) is 0 Å². The van der Waals surface area contributed by atoms with E-state index in [2.05, 4.69) is 17.0 Å². The number of nitrogens with one attached hydrogen (secondary N) is 1. The number of carbonyl (C=O) groups excluding carboxylic acids is 1. The number of halogens is 1. The minimum Gasteiger partial charge on any atom is -0.477 e. The Hall–Kier alpha value is -1.26. The van der Waals surface area contributed by atoms with E-state index in [9.17, 15) is 4.79 Å². The predicted octanol–water partition coefficient (Wildman–Crippen LogP) is 2.78. The third-order valence-electron chi connectivity index (χ3n) is 2.62. The first kappa shape index (κ1) is 15.8. The Bertz CT molecular complexity index is 423. The lowest BCUT2D eigenvalue weighted by Gasteiger charge is -2.17. The first-order chi connectivity index (χ1) is 9.10. The first-order valence-corrected chi connectivity index (χ1v) is 6.70. The lowest BCUT2D eigenvalue weighted by atomic mass is 10.2. The molecule has 1 rings (SSSR count). The van der Waals surface area contributed by atoms with E-state index in [1.165, 1.54) is 7.11 Å². The van der Waals surface area contributed by atoms with Gasteiger partial charge in [-0.2, -0.15) is 0 Å². The molecule has 0 spiro atoms. The van der Waals surface area contributed by atoms with Crippen molar-refractivity contribution >= 4 is 17.6 Å². The third-order valence-corrected chi connectivity index (χ3v) is 2.92. The molecule has 1 atom stereocenters. The first-order valence-electron chi connectivity index (χ1n) is 6.32. The van der Waals surface area contributed by atoms with Crippen LogP contribution in [0.4, 0.5) is 0 Å². The minimum atomic E-state index is -0.685. The molecule has 0 saturated heterocycles. The van der Waals surface area contributed by atoms with E-state index in [4.69, 9.17) is 16.3 Å². The highest BCUT2D eigenvalue weighted by Crippen LogP contribution is 2.29. The van der Waals surface area contributed by atoms with Crippen LogP contribution in [-0.2, 0) is 16.1 Å². The van der Waals surface area contributed by atoms with Crippen molar-refractivity contribution in [3.63, 3.8) is 0 Å². The number of rotatable bonds is 7. The molecular formula is C14H20ClNO3. The maximum Gasteiger partial charge on any atom is 0.346 e. The average molecular weight is 286 g/mol. The zero-order valence-corrected chi connectivity index (χ0v) is 12.3. The van der Waals surface area contributed by atoms with Crippen molar-refractivity contribution in [1.82, 2.24) is 5.32 Å². The van der Waals surface area contributed by atoms with E-state index in [1.54, 1.807) is 13.0 Å². The quantitative estimate of drug-likeness (QED) is 0.618. The fourth-order valence-corrected chi connectivity index (χ4v) is 1.85. The number of para-hydroxylation sites is 1. The van der Waals surface area contributed by atoms with Crippen molar-refractivity contribution in [1.29, 1.82) is 0 Å². The van der Waals surface area contributed by atoms with Crippen LogP contribution in [0, 0.1) is 0 Å². The van der Waals surface area contributed by atoms with Crippen molar-refractivity contribution in [3.05, 3.63) is 28.8 Å². The van der Waals surface area contributed by atoms with Crippen molar-refractivity contribution in [2.45, 2.75) is 32.9 Å². The second-order valence-corrected chi connectivity index (χ2v) is 4.60. The summed E-state index contributed by atoms with van der Waals surface area (Å²) in [4.78, 5) is 11.4. The van der Waals surface area contributed by atoms with Crippen molar-refractivity contribution in [2.75, 3.05) is 13.7 Å². The third kappa shape index (κ3) is 4.73. The van der Waals surface area contributed by atoms with Crippen molar-refractivity contribution in [2.24, 2.45) is 0 Å². The molecule has 0 saturated carbocycles. The van der Waals surface area contributed by atoms with Gasteiger partial charge in [-0.3, -0.25) is 0 Å². The van der Waals surface area contributed by atoms with E-state index < -0.39 is 12.1 Å². The summed E-state index contributed by atoms with van der Waals surface area (Å²) in [6.07, 6.45) is 0.366. The van der Waals surface area contributed by atoms with E-state index in [0.29, 0.717) is 17.3 Å². The molecule has 0 fully saturated rings. The Labute approximate surface area is 119 Å². The molecule has 1 unspecified atom stereocenters. The molecule has 0 amide bonds. The molecule has 0 bridgehead atoms. The van der Waals surface area contributed by atoms with E-state index in [-0.39, 0.29) is 0 Å². The normalized spacial score (nSPS) is 12.0. The summed E-state index contributed by atoms with van der Waals surface area (Å²) < 4.78 is 10.3. The SMILES string of the molecule is CCCNCc1cccc(Cl)c1OC(C)C(=O)OC. The standard InChI is InChI=1S/C14H20ClNO3/c1-4-8-16-9-11-6-5-7-12(15)13(11)19-10(2)14(17)18-3/h5-7,10,16H,4,8-9H2,1-3H3. The Morgan fingerprint density at radius 3 is 2.84 bits per heavy atom. The summed E-state index contributed by atoms with van der Waals surface area (Å²) >= 11 is 6.13. The summed E-state index contributed by atoms with van der Waals surface area (Å²) in [5, 5.41) is 3.77. The van der Waals surface area contributed by atoms with Crippen LogP contribution >= 0.6 is 11.6 Å². The number of ether oxygens (including phenoxy) is 2. The van der Waals surface area contributed by atoms with Gasteiger partial charge < -0.3 is 14.8 Å². The Kier molecular flexibility index (Phi) is 6.67. The number of benzene rings is 1. The second kappa shape index (κ2) is 8.02. The summed E-state index contributed by atoms with van der Waals surface area (Å²) in [5.41, 5.74) is 0.928. The van der Waals surface area contributed by atoms with Crippen molar-refractivity contribution < 1.29 is 14.3 Å². The van der Waals surface area contributed by atoms with Gasteiger partial charge in [-0.1, -0.05) is 30.7 Å². The summed E-state index contributed by atoms with van der Waals surface area (Å²) in [7, 11) is 1.33. The second-order valence-electron chi connectivity index (χ2n) is 4.19. The minimum absolute atomic E-state index is 0.424. The number of methoxy groups -OCH3 is 1. The van der Waals surface area contributed by atoms with Gasteiger partial charge in [0.25, 0.3) is 0 Å². The van der Waals surface area contributed by atoms with Crippen LogP contribution in [0.15, 0.2) is 18.2 Å². The van der Waals surface area contributed by atoms with Gasteiger partial charge in [-0.05, 0) is 26.0 Å². The van der Waals surface area contributed by atoms with Gasteiger partial charge in [-0.15, -0.1) is 0 Å².